The molecule has 0 spiro atoms. The smallest absolute Gasteiger partial charge is 0.216 e. The maximum absolute atomic E-state index is 12.1. The largest absolute Gasteiger partial charge is 0.374 e. The van der Waals surface area contributed by atoms with Crippen molar-refractivity contribution in [2.24, 2.45) is 5.92 Å². The van der Waals surface area contributed by atoms with Crippen LogP contribution >= 0.6 is 0 Å². The molecule has 0 radical (unpaired) electrons. The maximum Gasteiger partial charge on any atom is 0.216 e. The quantitative estimate of drug-likeness (QED) is 0.684. The normalized spacial score (nSPS) is 21.6. The van der Waals surface area contributed by atoms with Crippen molar-refractivity contribution in [1.82, 2.24) is 9.21 Å². The van der Waals surface area contributed by atoms with Gasteiger partial charge in [0.2, 0.25) is 10.0 Å². The molecule has 1 saturated heterocycles. The van der Waals surface area contributed by atoms with Crippen molar-refractivity contribution in [3.05, 3.63) is 0 Å². The zero-order valence-corrected chi connectivity index (χ0v) is 15.0. The second-order valence-electron chi connectivity index (χ2n) is 6.70. The van der Waals surface area contributed by atoms with Gasteiger partial charge in [0.15, 0.2) is 0 Å². The van der Waals surface area contributed by atoms with Gasteiger partial charge in [-0.15, -0.1) is 0 Å². The number of likely N-dealkylation sites (N-methyl/N-ethyl adjacent to an activating group) is 1. The fraction of sp³-hybridized carbons (Fsp3) is 1.00. The first kappa shape index (κ1) is 18.9. The van der Waals surface area contributed by atoms with Gasteiger partial charge in [0.1, 0.15) is 0 Å². The Bertz CT molecular complexity index is 396. The minimum atomic E-state index is -3.19. The van der Waals surface area contributed by atoms with Crippen LogP contribution < -0.4 is 0 Å². The summed E-state index contributed by atoms with van der Waals surface area (Å²) < 4.78 is 31.4. The van der Waals surface area contributed by atoms with Crippen LogP contribution in [0.5, 0.6) is 0 Å². The Balaban J connectivity index is 2.42. The molecule has 21 heavy (non-hydrogen) atoms. The molecule has 0 aromatic rings. The Kier molecular flexibility index (Phi) is 7.60. The standard InChI is InChI=1S/C15H32N2O3S/c1-13(2)7-6-8-17-9-10-20-15(12-17)11-16(5)21(18,19)14(3)4/h13-15H,6-12H2,1-5H3/t15-/m0/s1. The summed E-state index contributed by atoms with van der Waals surface area (Å²) in [6.07, 6.45) is 2.42. The lowest BCUT2D eigenvalue weighted by Crippen LogP contribution is -2.48. The average molecular weight is 320 g/mol. The van der Waals surface area contributed by atoms with Crippen molar-refractivity contribution in [3.8, 4) is 0 Å². The highest BCUT2D eigenvalue weighted by Gasteiger charge is 2.28. The number of morpholine rings is 1. The van der Waals surface area contributed by atoms with E-state index in [1.54, 1.807) is 20.9 Å². The first-order valence-corrected chi connectivity index (χ1v) is 9.53. The monoisotopic (exact) mass is 320 g/mol. The lowest BCUT2D eigenvalue weighted by Gasteiger charge is -2.35. The molecule has 126 valence electrons. The summed E-state index contributed by atoms with van der Waals surface area (Å²) >= 11 is 0. The number of sulfonamides is 1. The lowest BCUT2D eigenvalue weighted by molar-refractivity contribution is -0.0338. The molecule has 6 heteroatoms. The Morgan fingerprint density at radius 1 is 1.29 bits per heavy atom. The molecule has 1 aliphatic heterocycles. The Morgan fingerprint density at radius 3 is 2.52 bits per heavy atom. The van der Waals surface area contributed by atoms with Crippen LogP contribution in [0.15, 0.2) is 0 Å². The van der Waals surface area contributed by atoms with Crippen LogP contribution in [0.3, 0.4) is 0 Å². The zero-order valence-electron chi connectivity index (χ0n) is 14.2. The van der Waals surface area contributed by atoms with Crippen molar-refractivity contribution in [1.29, 1.82) is 0 Å². The summed E-state index contributed by atoms with van der Waals surface area (Å²) in [4.78, 5) is 2.40. The van der Waals surface area contributed by atoms with Gasteiger partial charge in [0.25, 0.3) is 0 Å². The third-order valence-electron chi connectivity index (χ3n) is 3.97. The number of rotatable bonds is 8. The third kappa shape index (κ3) is 6.22. The van der Waals surface area contributed by atoms with Gasteiger partial charge in [-0.3, -0.25) is 4.90 Å². The molecule has 1 aliphatic rings. The van der Waals surface area contributed by atoms with Gasteiger partial charge < -0.3 is 4.74 Å². The fourth-order valence-corrected chi connectivity index (χ4v) is 3.66. The van der Waals surface area contributed by atoms with E-state index in [-0.39, 0.29) is 11.4 Å². The Morgan fingerprint density at radius 2 is 1.95 bits per heavy atom. The van der Waals surface area contributed by atoms with Gasteiger partial charge in [-0.05, 0) is 39.2 Å². The van der Waals surface area contributed by atoms with Gasteiger partial charge in [-0.1, -0.05) is 13.8 Å². The first-order valence-electron chi connectivity index (χ1n) is 8.02. The highest BCUT2D eigenvalue weighted by Crippen LogP contribution is 2.13. The predicted octanol–water partition coefficient (Wildman–Crippen LogP) is 1.79. The van der Waals surface area contributed by atoms with E-state index in [4.69, 9.17) is 4.74 Å². The molecule has 1 rings (SSSR count). The summed E-state index contributed by atoms with van der Waals surface area (Å²) in [6.45, 7) is 11.9. The van der Waals surface area contributed by atoms with E-state index in [2.05, 4.69) is 18.7 Å². The molecule has 5 nitrogen and oxygen atoms in total. The number of hydrogen-bond donors (Lipinski definition) is 0. The molecule has 1 fully saturated rings. The maximum atomic E-state index is 12.1. The highest BCUT2D eigenvalue weighted by atomic mass is 32.2. The molecule has 0 unspecified atom stereocenters. The zero-order chi connectivity index (χ0) is 16.0. The van der Waals surface area contributed by atoms with E-state index in [1.807, 2.05) is 0 Å². The summed E-state index contributed by atoms with van der Waals surface area (Å²) in [5.74, 6) is 0.740. The second kappa shape index (κ2) is 8.46. The molecule has 1 heterocycles. The van der Waals surface area contributed by atoms with Crippen LogP contribution in [0.25, 0.3) is 0 Å². The van der Waals surface area contributed by atoms with Crippen LogP contribution in [0, 0.1) is 5.92 Å². The molecule has 0 bridgehead atoms. The number of hydrogen-bond acceptors (Lipinski definition) is 4. The summed E-state index contributed by atoms with van der Waals surface area (Å²) in [6, 6.07) is 0. The minimum absolute atomic E-state index is 0.0173. The Labute approximate surface area is 130 Å². The summed E-state index contributed by atoms with van der Waals surface area (Å²) in [5.41, 5.74) is 0. The number of ether oxygens (including phenoxy) is 1. The molecule has 0 aliphatic carbocycles. The number of nitrogens with zero attached hydrogens (tertiary/aromatic N) is 2. The molecular formula is C15H32N2O3S. The van der Waals surface area contributed by atoms with E-state index in [1.165, 1.54) is 17.1 Å². The average Bonchev–Trinajstić information content (AvgIpc) is 2.38. The summed E-state index contributed by atoms with van der Waals surface area (Å²) in [5, 5.41) is -0.381. The van der Waals surface area contributed by atoms with E-state index in [9.17, 15) is 8.42 Å². The Hall–Kier alpha value is -0.170. The van der Waals surface area contributed by atoms with Gasteiger partial charge in [0, 0.05) is 26.7 Å². The van der Waals surface area contributed by atoms with E-state index in [0.29, 0.717) is 13.2 Å². The molecule has 0 saturated carbocycles. The third-order valence-corrected chi connectivity index (χ3v) is 6.18. The van der Waals surface area contributed by atoms with Crippen LogP contribution in [0.2, 0.25) is 0 Å². The molecular weight excluding hydrogens is 288 g/mol. The predicted molar refractivity (Wildman–Crippen MR) is 86.9 cm³/mol. The van der Waals surface area contributed by atoms with Gasteiger partial charge in [-0.25, -0.2) is 12.7 Å². The van der Waals surface area contributed by atoms with Crippen molar-refractivity contribution in [3.63, 3.8) is 0 Å². The summed E-state index contributed by atoms with van der Waals surface area (Å²) in [7, 11) is -1.54. The van der Waals surface area contributed by atoms with Gasteiger partial charge >= 0.3 is 0 Å². The van der Waals surface area contributed by atoms with Gasteiger partial charge in [0.05, 0.1) is 18.0 Å². The second-order valence-corrected chi connectivity index (χ2v) is 9.30. The van der Waals surface area contributed by atoms with Crippen LogP contribution in [-0.2, 0) is 14.8 Å². The topological polar surface area (TPSA) is 49.9 Å². The first-order chi connectivity index (χ1) is 9.73. The SMILES string of the molecule is CC(C)CCCN1CCO[C@@H](CN(C)S(=O)(=O)C(C)C)C1. The van der Waals surface area contributed by atoms with E-state index < -0.39 is 10.0 Å². The van der Waals surface area contributed by atoms with Crippen molar-refractivity contribution in [2.45, 2.75) is 51.9 Å². The fourth-order valence-electron chi connectivity index (χ4n) is 2.57. The van der Waals surface area contributed by atoms with E-state index in [0.717, 1.165) is 25.6 Å². The molecule has 0 aromatic heterocycles. The molecule has 0 aromatic carbocycles. The minimum Gasteiger partial charge on any atom is -0.374 e. The highest BCUT2D eigenvalue weighted by molar-refractivity contribution is 7.89. The lowest BCUT2D eigenvalue weighted by atomic mass is 10.1. The molecule has 0 amide bonds. The van der Waals surface area contributed by atoms with Gasteiger partial charge in [-0.2, -0.15) is 0 Å². The van der Waals surface area contributed by atoms with Crippen molar-refractivity contribution >= 4 is 10.0 Å². The molecule has 1 atom stereocenters. The van der Waals surface area contributed by atoms with Crippen LogP contribution in [-0.4, -0.2) is 68.8 Å². The van der Waals surface area contributed by atoms with Crippen molar-refractivity contribution < 1.29 is 13.2 Å². The molecule has 0 N–H and O–H groups in total. The van der Waals surface area contributed by atoms with E-state index >= 15 is 0 Å². The van der Waals surface area contributed by atoms with Crippen LogP contribution in [0.4, 0.5) is 0 Å². The van der Waals surface area contributed by atoms with Crippen LogP contribution in [0.1, 0.15) is 40.5 Å². The van der Waals surface area contributed by atoms with Crippen molar-refractivity contribution in [2.75, 3.05) is 39.8 Å².